The van der Waals surface area contributed by atoms with Crippen LogP contribution in [0.15, 0.2) is 0 Å². The molecule has 0 fully saturated rings. The molecule has 0 saturated heterocycles. The molecular formula is C9H22IN. The van der Waals surface area contributed by atoms with Crippen LogP contribution < -0.4 is 0 Å². The van der Waals surface area contributed by atoms with Gasteiger partial charge in [0.2, 0.25) is 0 Å². The molecule has 0 rings (SSSR count). The third-order valence-electron chi connectivity index (χ3n) is 2.00. The number of halogens is 1. The highest BCUT2D eigenvalue weighted by molar-refractivity contribution is 14.0. The first-order valence-corrected chi connectivity index (χ1v) is 4.31. The van der Waals surface area contributed by atoms with E-state index in [2.05, 4.69) is 32.8 Å². The molecule has 0 aliphatic heterocycles. The van der Waals surface area contributed by atoms with Crippen LogP contribution in [0.1, 0.15) is 33.1 Å². The third-order valence-corrected chi connectivity index (χ3v) is 2.00. The summed E-state index contributed by atoms with van der Waals surface area (Å²) < 4.78 is 0. The Labute approximate surface area is 88.6 Å². The number of rotatable bonds is 5. The van der Waals surface area contributed by atoms with E-state index in [1.54, 1.807) is 0 Å². The van der Waals surface area contributed by atoms with Gasteiger partial charge in [0, 0.05) is 0 Å². The molecule has 0 spiro atoms. The van der Waals surface area contributed by atoms with Crippen molar-refractivity contribution in [2.24, 2.45) is 5.92 Å². The first-order chi connectivity index (χ1) is 4.66. The van der Waals surface area contributed by atoms with E-state index >= 15 is 0 Å². The van der Waals surface area contributed by atoms with Gasteiger partial charge in [-0.05, 0) is 39.4 Å². The van der Waals surface area contributed by atoms with Crippen molar-refractivity contribution in [2.75, 3.05) is 20.6 Å². The van der Waals surface area contributed by atoms with Crippen molar-refractivity contribution in [3.05, 3.63) is 0 Å². The van der Waals surface area contributed by atoms with Crippen molar-refractivity contribution in [2.45, 2.75) is 33.1 Å². The van der Waals surface area contributed by atoms with Gasteiger partial charge >= 0.3 is 0 Å². The van der Waals surface area contributed by atoms with Crippen LogP contribution in [0.25, 0.3) is 0 Å². The minimum atomic E-state index is 0. The maximum absolute atomic E-state index is 2.33. The molecule has 0 aliphatic carbocycles. The minimum Gasteiger partial charge on any atom is -0.309 e. The maximum Gasteiger partial charge on any atom is -0.00247 e. The maximum atomic E-state index is 2.33. The molecule has 1 atom stereocenters. The fourth-order valence-corrected chi connectivity index (χ4v) is 0.960. The smallest absolute Gasteiger partial charge is 0.00247 e. The molecule has 70 valence electrons. The number of hydrogen-bond acceptors (Lipinski definition) is 1. The lowest BCUT2D eigenvalue weighted by Crippen LogP contribution is -2.13. The van der Waals surface area contributed by atoms with Crippen LogP contribution >= 0.6 is 24.0 Å². The molecule has 0 radical (unpaired) electrons. The molecule has 11 heavy (non-hydrogen) atoms. The van der Waals surface area contributed by atoms with Gasteiger partial charge in [0.25, 0.3) is 0 Å². The molecule has 1 nitrogen and oxygen atoms in total. The Kier molecular flexibility index (Phi) is 11.4. The van der Waals surface area contributed by atoms with Crippen molar-refractivity contribution in [3.8, 4) is 0 Å². The SMILES string of the molecule is CCC(C)CCCN(C)C.I. The second kappa shape index (κ2) is 8.78. The topological polar surface area (TPSA) is 3.24 Å². The monoisotopic (exact) mass is 271 g/mol. The Morgan fingerprint density at radius 2 is 1.82 bits per heavy atom. The highest BCUT2D eigenvalue weighted by Gasteiger charge is 1.97. The molecule has 0 heterocycles. The summed E-state index contributed by atoms with van der Waals surface area (Å²) in [6.45, 7) is 5.83. The van der Waals surface area contributed by atoms with Gasteiger partial charge in [-0.3, -0.25) is 0 Å². The van der Waals surface area contributed by atoms with Crippen molar-refractivity contribution >= 4 is 24.0 Å². The van der Waals surface area contributed by atoms with Crippen LogP contribution in [0.2, 0.25) is 0 Å². The van der Waals surface area contributed by atoms with Crippen LogP contribution in [0.3, 0.4) is 0 Å². The quantitative estimate of drug-likeness (QED) is 0.695. The average Bonchev–Trinajstić information content (AvgIpc) is 1.87. The van der Waals surface area contributed by atoms with Crippen molar-refractivity contribution in [3.63, 3.8) is 0 Å². The highest BCUT2D eigenvalue weighted by atomic mass is 127. The van der Waals surface area contributed by atoms with Gasteiger partial charge in [-0.1, -0.05) is 20.3 Å². The van der Waals surface area contributed by atoms with E-state index in [1.165, 1.54) is 25.8 Å². The van der Waals surface area contributed by atoms with E-state index in [1.807, 2.05) is 0 Å². The zero-order chi connectivity index (χ0) is 7.98. The molecule has 0 N–H and O–H groups in total. The van der Waals surface area contributed by atoms with E-state index in [9.17, 15) is 0 Å². The zero-order valence-corrected chi connectivity index (χ0v) is 10.6. The Bertz CT molecular complexity index is 74.0. The fraction of sp³-hybridized carbons (Fsp3) is 1.00. The summed E-state index contributed by atoms with van der Waals surface area (Å²) in [4.78, 5) is 2.25. The summed E-state index contributed by atoms with van der Waals surface area (Å²) in [6, 6.07) is 0. The van der Waals surface area contributed by atoms with Crippen LogP contribution in [-0.2, 0) is 0 Å². The van der Waals surface area contributed by atoms with E-state index < -0.39 is 0 Å². The summed E-state index contributed by atoms with van der Waals surface area (Å²) in [5, 5.41) is 0. The predicted octanol–water partition coefficient (Wildman–Crippen LogP) is 2.99. The Morgan fingerprint density at radius 3 is 2.18 bits per heavy atom. The van der Waals surface area contributed by atoms with E-state index in [-0.39, 0.29) is 24.0 Å². The van der Waals surface area contributed by atoms with Gasteiger partial charge in [-0.25, -0.2) is 0 Å². The van der Waals surface area contributed by atoms with Crippen LogP contribution in [0.5, 0.6) is 0 Å². The Hall–Kier alpha value is 0.690. The van der Waals surface area contributed by atoms with E-state index in [0.29, 0.717) is 0 Å². The third kappa shape index (κ3) is 10.7. The Morgan fingerprint density at radius 1 is 1.27 bits per heavy atom. The summed E-state index contributed by atoms with van der Waals surface area (Å²) in [7, 11) is 4.27. The van der Waals surface area contributed by atoms with Gasteiger partial charge in [-0.15, -0.1) is 24.0 Å². The van der Waals surface area contributed by atoms with Gasteiger partial charge in [0.05, 0.1) is 0 Å². The van der Waals surface area contributed by atoms with Gasteiger partial charge in [0.1, 0.15) is 0 Å². The minimum absolute atomic E-state index is 0. The zero-order valence-electron chi connectivity index (χ0n) is 8.26. The number of nitrogens with zero attached hydrogens (tertiary/aromatic N) is 1. The molecule has 0 aromatic carbocycles. The second-order valence-corrected chi connectivity index (χ2v) is 3.46. The van der Waals surface area contributed by atoms with E-state index in [4.69, 9.17) is 0 Å². The lowest BCUT2D eigenvalue weighted by atomic mass is 10.0. The normalized spacial score (nSPS) is 12.8. The van der Waals surface area contributed by atoms with Crippen molar-refractivity contribution in [1.82, 2.24) is 4.90 Å². The molecule has 0 aromatic heterocycles. The molecular weight excluding hydrogens is 249 g/mol. The van der Waals surface area contributed by atoms with Crippen LogP contribution in [-0.4, -0.2) is 25.5 Å². The van der Waals surface area contributed by atoms with Gasteiger partial charge < -0.3 is 4.90 Å². The first-order valence-electron chi connectivity index (χ1n) is 4.31. The van der Waals surface area contributed by atoms with Gasteiger partial charge in [0.15, 0.2) is 0 Å². The Balaban J connectivity index is 0. The molecule has 2 heteroatoms. The molecule has 0 aromatic rings. The molecule has 1 unspecified atom stereocenters. The summed E-state index contributed by atoms with van der Waals surface area (Å²) in [6.07, 6.45) is 4.06. The van der Waals surface area contributed by atoms with Crippen LogP contribution in [0.4, 0.5) is 0 Å². The summed E-state index contributed by atoms with van der Waals surface area (Å²) in [5.41, 5.74) is 0. The largest absolute Gasteiger partial charge is 0.309 e. The predicted molar refractivity (Wildman–Crippen MR) is 62.7 cm³/mol. The fourth-order valence-electron chi connectivity index (χ4n) is 0.960. The molecule has 0 aliphatic rings. The van der Waals surface area contributed by atoms with Crippen molar-refractivity contribution in [1.29, 1.82) is 0 Å². The standard InChI is InChI=1S/C9H21N.HI/c1-5-9(2)7-6-8-10(3)4;/h9H,5-8H2,1-4H3;1H. The highest BCUT2D eigenvalue weighted by Crippen LogP contribution is 2.08. The lowest BCUT2D eigenvalue weighted by Gasteiger charge is -2.11. The van der Waals surface area contributed by atoms with Crippen molar-refractivity contribution < 1.29 is 0 Å². The lowest BCUT2D eigenvalue weighted by molar-refractivity contribution is 0.370. The van der Waals surface area contributed by atoms with E-state index in [0.717, 1.165) is 5.92 Å². The summed E-state index contributed by atoms with van der Waals surface area (Å²) in [5.74, 6) is 0.917. The molecule has 0 saturated carbocycles. The molecule has 0 amide bonds. The average molecular weight is 271 g/mol. The first kappa shape index (κ1) is 14.2. The van der Waals surface area contributed by atoms with Crippen LogP contribution in [0, 0.1) is 5.92 Å². The molecule has 0 bridgehead atoms. The number of hydrogen-bond donors (Lipinski definition) is 0. The van der Waals surface area contributed by atoms with Gasteiger partial charge in [-0.2, -0.15) is 0 Å². The second-order valence-electron chi connectivity index (χ2n) is 3.46. The summed E-state index contributed by atoms with van der Waals surface area (Å²) >= 11 is 0.